The van der Waals surface area contributed by atoms with Crippen LogP contribution in [0.1, 0.15) is 39.5 Å². The standard InChI is InChI=1S/C15H21N3O2/c1-3-5-6-10(4-2)16-11-7-8-12-13(9-11)18-15(20)14(19)17-12/h7-10,16H,3-6H2,1-2H3,(H,17,19)(H,18,20). The van der Waals surface area contributed by atoms with Crippen LogP contribution >= 0.6 is 0 Å². The molecule has 0 bridgehead atoms. The Morgan fingerprint density at radius 2 is 1.80 bits per heavy atom. The van der Waals surface area contributed by atoms with Crippen LogP contribution in [0, 0.1) is 0 Å². The van der Waals surface area contributed by atoms with E-state index in [0.29, 0.717) is 17.1 Å². The van der Waals surface area contributed by atoms with E-state index in [-0.39, 0.29) is 0 Å². The van der Waals surface area contributed by atoms with Crippen LogP contribution in [-0.2, 0) is 0 Å². The average Bonchev–Trinajstić information content (AvgIpc) is 2.45. The molecule has 0 fully saturated rings. The van der Waals surface area contributed by atoms with E-state index in [4.69, 9.17) is 0 Å². The largest absolute Gasteiger partial charge is 0.382 e. The molecule has 0 saturated heterocycles. The van der Waals surface area contributed by atoms with Gasteiger partial charge in [0.05, 0.1) is 11.0 Å². The van der Waals surface area contributed by atoms with E-state index in [1.807, 2.05) is 18.2 Å². The Morgan fingerprint density at radius 3 is 2.45 bits per heavy atom. The Kier molecular flexibility index (Phi) is 4.61. The minimum absolute atomic E-state index is 0.432. The third kappa shape index (κ3) is 3.29. The zero-order valence-corrected chi connectivity index (χ0v) is 12.0. The Balaban J connectivity index is 2.24. The topological polar surface area (TPSA) is 77.8 Å². The summed E-state index contributed by atoms with van der Waals surface area (Å²) < 4.78 is 0. The molecular weight excluding hydrogens is 254 g/mol. The van der Waals surface area contributed by atoms with E-state index >= 15 is 0 Å². The predicted octanol–water partition coefficient (Wildman–Crippen LogP) is 2.60. The number of H-pyrrole nitrogens is 2. The highest BCUT2D eigenvalue weighted by Gasteiger charge is 2.06. The van der Waals surface area contributed by atoms with Gasteiger partial charge in [-0.25, -0.2) is 0 Å². The number of aromatic amines is 2. The normalized spacial score (nSPS) is 12.5. The fraction of sp³-hybridized carbons (Fsp3) is 0.467. The molecule has 0 spiro atoms. The monoisotopic (exact) mass is 275 g/mol. The summed E-state index contributed by atoms with van der Waals surface area (Å²) in [5.41, 5.74) is 1.01. The average molecular weight is 275 g/mol. The number of benzene rings is 1. The van der Waals surface area contributed by atoms with Gasteiger partial charge in [-0.05, 0) is 31.0 Å². The van der Waals surface area contributed by atoms with Crippen LogP contribution in [0.4, 0.5) is 5.69 Å². The first-order valence-corrected chi connectivity index (χ1v) is 7.17. The van der Waals surface area contributed by atoms with Crippen molar-refractivity contribution in [3.8, 4) is 0 Å². The SMILES string of the molecule is CCCCC(CC)Nc1ccc2[nH]c(=O)c(=O)[nH]c2c1. The number of aromatic nitrogens is 2. The van der Waals surface area contributed by atoms with Crippen molar-refractivity contribution < 1.29 is 0 Å². The van der Waals surface area contributed by atoms with Crippen LogP contribution in [0.5, 0.6) is 0 Å². The van der Waals surface area contributed by atoms with Crippen molar-refractivity contribution in [2.75, 3.05) is 5.32 Å². The first-order chi connectivity index (χ1) is 9.63. The van der Waals surface area contributed by atoms with Gasteiger partial charge in [0.2, 0.25) is 0 Å². The number of rotatable bonds is 6. The first kappa shape index (κ1) is 14.4. The molecule has 1 heterocycles. The number of unbranched alkanes of at least 4 members (excludes halogenated alkanes) is 1. The Labute approximate surface area is 117 Å². The van der Waals surface area contributed by atoms with Crippen LogP contribution < -0.4 is 16.4 Å². The van der Waals surface area contributed by atoms with Gasteiger partial charge in [0.1, 0.15) is 0 Å². The van der Waals surface area contributed by atoms with E-state index in [1.165, 1.54) is 12.8 Å². The van der Waals surface area contributed by atoms with Crippen LogP contribution in [-0.4, -0.2) is 16.0 Å². The van der Waals surface area contributed by atoms with Gasteiger partial charge >= 0.3 is 11.1 Å². The maximum atomic E-state index is 11.3. The van der Waals surface area contributed by atoms with Crippen LogP contribution in [0.15, 0.2) is 27.8 Å². The number of hydrogen-bond acceptors (Lipinski definition) is 3. The van der Waals surface area contributed by atoms with Crippen molar-refractivity contribution >= 4 is 16.7 Å². The minimum atomic E-state index is -0.618. The molecule has 0 amide bonds. The smallest absolute Gasteiger partial charge is 0.314 e. The molecule has 2 aromatic rings. The molecule has 1 unspecified atom stereocenters. The molecule has 0 saturated carbocycles. The highest BCUT2D eigenvalue weighted by molar-refractivity contribution is 5.78. The van der Waals surface area contributed by atoms with E-state index < -0.39 is 11.1 Å². The zero-order valence-electron chi connectivity index (χ0n) is 12.0. The molecule has 3 N–H and O–H groups in total. The summed E-state index contributed by atoms with van der Waals surface area (Å²) in [4.78, 5) is 27.7. The van der Waals surface area contributed by atoms with Crippen molar-refractivity contribution in [1.82, 2.24) is 9.97 Å². The second kappa shape index (κ2) is 6.41. The summed E-state index contributed by atoms with van der Waals surface area (Å²) in [6.45, 7) is 4.34. The molecule has 5 heteroatoms. The van der Waals surface area contributed by atoms with Gasteiger partial charge in [0.15, 0.2) is 0 Å². The summed E-state index contributed by atoms with van der Waals surface area (Å²) in [6.07, 6.45) is 4.57. The summed E-state index contributed by atoms with van der Waals surface area (Å²) in [6, 6.07) is 6.02. The van der Waals surface area contributed by atoms with E-state index in [9.17, 15) is 9.59 Å². The van der Waals surface area contributed by atoms with Crippen LogP contribution in [0.25, 0.3) is 11.0 Å². The van der Waals surface area contributed by atoms with Crippen LogP contribution in [0.3, 0.4) is 0 Å². The molecule has 20 heavy (non-hydrogen) atoms. The molecule has 1 aromatic carbocycles. The maximum Gasteiger partial charge on any atom is 0.314 e. The Bertz CT molecular complexity index is 687. The van der Waals surface area contributed by atoms with Crippen LogP contribution in [0.2, 0.25) is 0 Å². The second-order valence-electron chi connectivity index (χ2n) is 5.06. The summed E-state index contributed by atoms with van der Waals surface area (Å²) >= 11 is 0. The van der Waals surface area contributed by atoms with Gasteiger partial charge in [-0.1, -0.05) is 26.7 Å². The predicted molar refractivity (Wildman–Crippen MR) is 82.4 cm³/mol. The third-order valence-electron chi connectivity index (χ3n) is 3.49. The molecular formula is C15H21N3O2. The molecule has 0 aliphatic rings. The summed E-state index contributed by atoms with van der Waals surface area (Å²) in [5.74, 6) is 0. The number of nitrogens with one attached hydrogen (secondary N) is 3. The van der Waals surface area contributed by atoms with Gasteiger partial charge in [-0.3, -0.25) is 9.59 Å². The van der Waals surface area contributed by atoms with Gasteiger partial charge in [0.25, 0.3) is 0 Å². The summed E-state index contributed by atoms with van der Waals surface area (Å²) in [7, 11) is 0. The van der Waals surface area contributed by atoms with Gasteiger partial charge < -0.3 is 15.3 Å². The van der Waals surface area contributed by atoms with Crippen molar-refractivity contribution in [1.29, 1.82) is 0 Å². The Hall–Kier alpha value is -2.04. The number of anilines is 1. The lowest BCUT2D eigenvalue weighted by Crippen LogP contribution is -2.29. The lowest BCUT2D eigenvalue weighted by molar-refractivity contribution is 0.593. The fourth-order valence-electron chi connectivity index (χ4n) is 2.27. The van der Waals surface area contributed by atoms with Gasteiger partial charge in [-0.2, -0.15) is 0 Å². The van der Waals surface area contributed by atoms with Gasteiger partial charge in [0, 0.05) is 11.7 Å². The number of fused-ring (bicyclic) bond motifs is 1. The lowest BCUT2D eigenvalue weighted by atomic mass is 10.1. The van der Waals surface area contributed by atoms with Crippen molar-refractivity contribution in [3.05, 3.63) is 38.9 Å². The van der Waals surface area contributed by atoms with E-state index in [1.54, 1.807) is 0 Å². The Morgan fingerprint density at radius 1 is 1.10 bits per heavy atom. The summed E-state index contributed by atoms with van der Waals surface area (Å²) in [5, 5.41) is 3.48. The molecule has 5 nitrogen and oxygen atoms in total. The van der Waals surface area contributed by atoms with E-state index in [2.05, 4.69) is 29.1 Å². The van der Waals surface area contributed by atoms with Crippen molar-refractivity contribution in [2.24, 2.45) is 0 Å². The quantitative estimate of drug-likeness (QED) is 0.709. The maximum absolute atomic E-state index is 11.3. The molecule has 1 aromatic heterocycles. The van der Waals surface area contributed by atoms with E-state index in [0.717, 1.165) is 18.5 Å². The third-order valence-corrected chi connectivity index (χ3v) is 3.49. The van der Waals surface area contributed by atoms with Crippen molar-refractivity contribution in [3.63, 3.8) is 0 Å². The zero-order chi connectivity index (χ0) is 14.5. The van der Waals surface area contributed by atoms with Gasteiger partial charge in [-0.15, -0.1) is 0 Å². The molecule has 108 valence electrons. The number of hydrogen-bond donors (Lipinski definition) is 3. The molecule has 0 aliphatic heterocycles. The minimum Gasteiger partial charge on any atom is -0.382 e. The lowest BCUT2D eigenvalue weighted by Gasteiger charge is -2.18. The highest BCUT2D eigenvalue weighted by Crippen LogP contribution is 2.17. The molecule has 0 radical (unpaired) electrons. The fourth-order valence-corrected chi connectivity index (χ4v) is 2.27. The molecule has 0 aliphatic carbocycles. The molecule has 2 rings (SSSR count). The molecule has 1 atom stereocenters. The van der Waals surface area contributed by atoms with Crippen molar-refractivity contribution in [2.45, 2.75) is 45.6 Å². The second-order valence-corrected chi connectivity index (χ2v) is 5.06. The first-order valence-electron chi connectivity index (χ1n) is 7.17. The highest BCUT2D eigenvalue weighted by atomic mass is 16.2.